The summed E-state index contributed by atoms with van der Waals surface area (Å²) in [7, 11) is 0. The third kappa shape index (κ3) is 9.51. The van der Waals surface area contributed by atoms with Crippen LogP contribution < -0.4 is 0 Å². The zero-order chi connectivity index (χ0) is 4.00. The van der Waals surface area contributed by atoms with Crippen molar-refractivity contribution in [1.82, 2.24) is 0 Å². The van der Waals surface area contributed by atoms with Gasteiger partial charge in [-0.1, -0.05) is 0 Å². The summed E-state index contributed by atoms with van der Waals surface area (Å²) in [6.45, 7) is 0. The maximum atomic E-state index is 7.00. The van der Waals surface area contributed by atoms with Crippen molar-refractivity contribution < 1.29 is 0 Å². The van der Waals surface area contributed by atoms with Gasteiger partial charge in [0.05, 0.1) is 0 Å². The predicted molar refractivity (Wildman–Crippen MR) is 18.2 cm³/mol. The van der Waals surface area contributed by atoms with Crippen LogP contribution in [-0.2, 0) is 0 Å². The van der Waals surface area contributed by atoms with Crippen LogP contribution in [0, 0.1) is 9.93 Å². The molecule has 0 aromatic heterocycles. The molecule has 0 aromatic carbocycles. The zero-order valence-corrected chi connectivity index (χ0v) is 6.82. The first-order valence-electron chi connectivity index (χ1n) is 1.17. The van der Waals surface area contributed by atoms with E-state index in [0.29, 0.717) is 0 Å². The van der Waals surface area contributed by atoms with Crippen LogP contribution in [0.5, 0.6) is 0 Å². The van der Waals surface area contributed by atoms with Gasteiger partial charge in [0.2, 0.25) is 0 Å². The summed E-state index contributed by atoms with van der Waals surface area (Å²) in [6.07, 6.45) is 0. The summed E-state index contributed by atoms with van der Waals surface area (Å²) in [5, 5.41) is 0. The fraction of sp³-hybridized carbons (Fsp3) is 0. The van der Waals surface area contributed by atoms with Gasteiger partial charge in [-0.25, -0.2) is 0 Å². The summed E-state index contributed by atoms with van der Waals surface area (Å²) >= 11 is 2.89. The Bertz CT molecular complexity index is 4.00. The predicted octanol–water partition coefficient (Wildman–Crippen LogP) is -0.695. The van der Waals surface area contributed by atoms with Crippen LogP contribution in [-0.4, -0.2) is 43.6 Å². The van der Waals surface area contributed by atoms with Gasteiger partial charge in [-0.05, 0) is 0 Å². The summed E-state index contributed by atoms with van der Waals surface area (Å²) in [5.41, 5.74) is 0. The van der Waals surface area contributed by atoms with Crippen LogP contribution in [0.2, 0.25) is 0 Å². The van der Waals surface area contributed by atoms with Crippen molar-refractivity contribution >= 4 is 43.6 Å². The van der Waals surface area contributed by atoms with Gasteiger partial charge in [0.15, 0.2) is 0 Å². The van der Waals surface area contributed by atoms with Crippen molar-refractivity contribution in [3.8, 4) is 0 Å². The molecular formula is Na2O2. The minimum atomic E-state index is 1.44. The van der Waals surface area contributed by atoms with Gasteiger partial charge in [0.25, 0.3) is 0 Å². The number of hydrogen-bond donors (Lipinski definition) is 0. The first-order valence-corrected chi connectivity index (χ1v) is 9.17. The summed E-state index contributed by atoms with van der Waals surface area (Å²) in [5.74, 6) is 0. The molecule has 4 heavy (non-hydrogen) atoms. The van der Waals surface area contributed by atoms with Gasteiger partial charge in [0.1, 0.15) is 0 Å². The molecule has 2 nitrogen and oxygen atoms in total. The Kier molecular flexibility index (Phi) is 53.2. The Balaban J connectivity index is 0. The average Bonchev–Trinajstić information content (AvgIpc) is 1.50. The molecule has 4 heteroatoms. The minimum absolute atomic E-state index is 1.44. The summed E-state index contributed by atoms with van der Waals surface area (Å²) in [6, 6.07) is 0. The van der Waals surface area contributed by atoms with Crippen molar-refractivity contribution in [3.63, 3.8) is 0 Å². The Hall–Kier alpha value is 1.60. The molecule has 0 fully saturated rings. The fourth-order valence-electron chi connectivity index (χ4n) is 0. The average molecular weight is 78.0 g/mol. The van der Waals surface area contributed by atoms with Gasteiger partial charge in [-0.3, -0.25) is 0 Å². The third-order valence-corrected chi connectivity index (χ3v) is 0. The normalized spacial score (nSPS) is 3.00. The Morgan fingerprint density at radius 3 is 1.00 bits per heavy atom. The molecule has 0 atom stereocenters. The van der Waals surface area contributed by atoms with Crippen molar-refractivity contribution in [1.29, 1.82) is 0 Å². The molecule has 0 N–H and O–H groups in total. The first-order chi connectivity index (χ1) is 2.00. The van der Waals surface area contributed by atoms with E-state index >= 15 is 0 Å². The van der Waals surface area contributed by atoms with Crippen molar-refractivity contribution in [2.75, 3.05) is 0 Å². The molecular weight excluding hydrogens is 78.0 g/mol. The number of hydrogen-bond acceptors (Lipinski definition) is 2. The SMILES string of the molecule is O=O.[Na][Na]. The maximum absolute atomic E-state index is 7.00. The van der Waals surface area contributed by atoms with E-state index in [-0.39, 0.29) is 0 Å². The van der Waals surface area contributed by atoms with Crippen LogP contribution in [0.25, 0.3) is 0 Å². The van der Waals surface area contributed by atoms with Crippen molar-refractivity contribution in [2.45, 2.75) is 0 Å². The van der Waals surface area contributed by atoms with E-state index in [9.17, 15) is 0 Å². The van der Waals surface area contributed by atoms with E-state index in [2.05, 4.69) is 0 Å². The standard InChI is InChI=1S/2Na.O2/c;;1-2. The molecule has 0 rings (SSSR count). The summed E-state index contributed by atoms with van der Waals surface area (Å²) in [4.78, 5) is 14.0. The molecule has 0 radical (unpaired) electrons. The van der Waals surface area contributed by atoms with Gasteiger partial charge in [0, 0.05) is 9.93 Å². The van der Waals surface area contributed by atoms with Gasteiger partial charge in [-0.15, -0.1) is 0 Å². The molecule has 0 unspecified atom stereocenters. The van der Waals surface area contributed by atoms with Crippen molar-refractivity contribution in [2.24, 2.45) is 0 Å². The molecule has 0 amide bonds. The molecule has 14 valence electrons. The summed E-state index contributed by atoms with van der Waals surface area (Å²) < 4.78 is 0. The second-order valence-corrected chi connectivity index (χ2v) is 0. The monoisotopic (exact) mass is 78.0 g/mol. The molecule has 0 aromatic rings. The third-order valence-electron chi connectivity index (χ3n) is 0. The molecule has 0 saturated heterocycles. The van der Waals surface area contributed by atoms with Crippen LogP contribution in [0.3, 0.4) is 0 Å². The van der Waals surface area contributed by atoms with Gasteiger partial charge < -0.3 is 0 Å². The van der Waals surface area contributed by atoms with E-state index in [1.54, 1.807) is 0 Å². The molecule has 0 bridgehead atoms. The van der Waals surface area contributed by atoms with Crippen LogP contribution >= 0.6 is 0 Å². The van der Waals surface area contributed by atoms with Crippen LogP contribution in [0.4, 0.5) is 0 Å². The van der Waals surface area contributed by atoms with Gasteiger partial charge in [-0.2, -0.15) is 0 Å². The van der Waals surface area contributed by atoms with Crippen molar-refractivity contribution in [3.05, 3.63) is 9.93 Å². The second-order valence-electron chi connectivity index (χ2n) is 0. The Labute approximate surface area is 52.6 Å². The van der Waals surface area contributed by atoms with Crippen LogP contribution in [0.1, 0.15) is 0 Å². The quantitative estimate of drug-likeness (QED) is 0.359. The molecule has 0 aliphatic heterocycles. The van der Waals surface area contributed by atoms with Crippen LogP contribution in [0.15, 0.2) is 0 Å². The van der Waals surface area contributed by atoms with E-state index in [1.807, 2.05) is 0 Å². The first kappa shape index (κ1) is 9.14. The zero-order valence-electron chi connectivity index (χ0n) is 2.82. The van der Waals surface area contributed by atoms with Gasteiger partial charge >= 0.3 is 43.6 Å². The second kappa shape index (κ2) is 23.3. The molecule has 0 spiro atoms. The Morgan fingerprint density at radius 1 is 1.00 bits per heavy atom. The molecule has 0 aliphatic carbocycles. The molecule has 0 saturated carbocycles. The fourth-order valence-corrected chi connectivity index (χ4v) is 0. The van der Waals surface area contributed by atoms with E-state index < -0.39 is 0 Å². The van der Waals surface area contributed by atoms with E-state index in [4.69, 9.17) is 9.93 Å². The molecule has 0 aliphatic rings. The number of rotatable bonds is 0. The molecule has 0 heterocycles. The Morgan fingerprint density at radius 2 is 1.00 bits per heavy atom. The topological polar surface area (TPSA) is 34.1 Å². The van der Waals surface area contributed by atoms with E-state index in [0.717, 1.165) is 0 Å². The van der Waals surface area contributed by atoms with E-state index in [1.165, 1.54) is 43.6 Å².